The van der Waals surface area contributed by atoms with Gasteiger partial charge in [0.25, 0.3) is 0 Å². The molecule has 1 aliphatic heterocycles. The Morgan fingerprint density at radius 1 is 1.55 bits per heavy atom. The zero-order chi connectivity index (χ0) is 14.5. The quantitative estimate of drug-likeness (QED) is 0.613. The van der Waals surface area contributed by atoms with Crippen LogP contribution in [-0.2, 0) is 14.3 Å². The largest absolute Gasteiger partial charge is 0.472 e. The van der Waals surface area contributed by atoms with Crippen LogP contribution in [0, 0.1) is 0 Å². The van der Waals surface area contributed by atoms with E-state index in [9.17, 15) is 9.59 Å². The molecule has 6 nitrogen and oxygen atoms in total. The highest BCUT2D eigenvalue weighted by atomic mass is 79.9. The molecule has 0 saturated carbocycles. The fourth-order valence-corrected chi connectivity index (χ4v) is 2.30. The van der Waals surface area contributed by atoms with E-state index >= 15 is 0 Å². The monoisotopic (exact) mass is 342 g/mol. The summed E-state index contributed by atoms with van der Waals surface area (Å²) in [6.45, 7) is 2.70. The van der Waals surface area contributed by atoms with E-state index in [-0.39, 0.29) is 12.7 Å². The number of pyridine rings is 1. The molecule has 0 N–H and O–H groups in total. The Labute approximate surface area is 125 Å². The summed E-state index contributed by atoms with van der Waals surface area (Å²) in [5.41, 5.74) is 0. The van der Waals surface area contributed by atoms with Crippen molar-refractivity contribution in [3.05, 3.63) is 22.8 Å². The van der Waals surface area contributed by atoms with Gasteiger partial charge in [-0.05, 0) is 35.0 Å². The van der Waals surface area contributed by atoms with Crippen LogP contribution in [0.2, 0.25) is 0 Å². The van der Waals surface area contributed by atoms with Crippen LogP contribution in [0.5, 0.6) is 5.88 Å². The van der Waals surface area contributed by atoms with E-state index in [4.69, 9.17) is 9.47 Å². The predicted molar refractivity (Wildman–Crippen MR) is 74.2 cm³/mol. The normalized spacial score (nSPS) is 17.9. The Morgan fingerprint density at radius 3 is 3.05 bits per heavy atom. The first-order valence-electron chi connectivity index (χ1n) is 6.35. The van der Waals surface area contributed by atoms with Gasteiger partial charge in [-0.25, -0.2) is 9.78 Å². The number of esters is 1. The fourth-order valence-electron chi connectivity index (χ4n) is 1.95. The fraction of sp³-hybridized carbons (Fsp3) is 0.462. The van der Waals surface area contributed by atoms with Crippen molar-refractivity contribution in [1.29, 1.82) is 0 Å². The summed E-state index contributed by atoms with van der Waals surface area (Å²) in [5, 5.41) is 0. The van der Waals surface area contributed by atoms with Crippen LogP contribution in [0.4, 0.5) is 0 Å². The van der Waals surface area contributed by atoms with Crippen LogP contribution in [0.25, 0.3) is 0 Å². The summed E-state index contributed by atoms with van der Waals surface area (Å²) in [6, 6.07) is 3.63. The molecule has 0 aliphatic carbocycles. The second-order valence-electron chi connectivity index (χ2n) is 4.29. The van der Waals surface area contributed by atoms with Gasteiger partial charge in [0, 0.05) is 19.2 Å². The second-order valence-corrected chi connectivity index (χ2v) is 5.14. The Bertz CT molecular complexity index is 509. The third-order valence-corrected chi connectivity index (χ3v) is 3.49. The number of likely N-dealkylation sites (tertiary alicyclic amines) is 1. The van der Waals surface area contributed by atoms with Crippen molar-refractivity contribution in [2.45, 2.75) is 19.4 Å². The topological polar surface area (TPSA) is 68.7 Å². The molecule has 1 atom stereocenters. The van der Waals surface area contributed by atoms with Gasteiger partial charge < -0.3 is 14.4 Å². The number of hydrogen-bond donors (Lipinski definition) is 0. The molecule has 0 bridgehead atoms. The van der Waals surface area contributed by atoms with E-state index in [1.807, 2.05) is 6.07 Å². The van der Waals surface area contributed by atoms with Gasteiger partial charge >= 0.3 is 11.9 Å². The molecule has 1 aliphatic rings. The van der Waals surface area contributed by atoms with Crippen molar-refractivity contribution in [2.24, 2.45) is 0 Å². The third-order valence-electron chi connectivity index (χ3n) is 2.89. The Balaban J connectivity index is 1.91. The summed E-state index contributed by atoms with van der Waals surface area (Å²) >= 11 is 3.35. The van der Waals surface area contributed by atoms with Crippen LogP contribution >= 0.6 is 15.9 Å². The van der Waals surface area contributed by atoms with Gasteiger partial charge in [-0.15, -0.1) is 0 Å². The third kappa shape index (κ3) is 3.47. The van der Waals surface area contributed by atoms with E-state index in [2.05, 4.69) is 20.9 Å². The summed E-state index contributed by atoms with van der Waals surface area (Å²) < 4.78 is 11.2. The first-order chi connectivity index (χ1) is 9.61. The van der Waals surface area contributed by atoms with E-state index in [0.29, 0.717) is 25.4 Å². The highest BCUT2D eigenvalue weighted by Crippen LogP contribution is 2.24. The lowest BCUT2D eigenvalue weighted by Gasteiger charge is -2.16. The molecule has 2 heterocycles. The summed E-state index contributed by atoms with van der Waals surface area (Å²) in [5.74, 6) is -0.937. The van der Waals surface area contributed by atoms with Crippen LogP contribution in [0.1, 0.15) is 13.3 Å². The number of carbonyl (C=O) groups excluding carboxylic acids is 2. The molecule has 1 aromatic heterocycles. The summed E-state index contributed by atoms with van der Waals surface area (Å²) in [4.78, 5) is 28.7. The van der Waals surface area contributed by atoms with Gasteiger partial charge in [0.15, 0.2) is 0 Å². The van der Waals surface area contributed by atoms with Crippen molar-refractivity contribution >= 4 is 27.8 Å². The lowest BCUT2D eigenvalue weighted by molar-refractivity contribution is -0.159. The maximum absolute atomic E-state index is 11.8. The van der Waals surface area contributed by atoms with Gasteiger partial charge in [-0.2, -0.15) is 0 Å². The number of rotatable bonds is 3. The molecule has 0 aromatic carbocycles. The van der Waals surface area contributed by atoms with E-state index in [1.165, 1.54) is 4.90 Å². The van der Waals surface area contributed by atoms with Crippen molar-refractivity contribution in [3.63, 3.8) is 0 Å². The standard InChI is InChI=1S/C13H15BrN2O4/c1-2-19-13(18)12(17)16-7-5-9(8-16)20-11-10(14)4-3-6-15-11/h3-4,6,9H,2,5,7-8H2,1H3. The molecular weight excluding hydrogens is 328 g/mol. The number of aromatic nitrogens is 1. The van der Waals surface area contributed by atoms with Gasteiger partial charge in [0.2, 0.25) is 5.88 Å². The maximum atomic E-state index is 11.8. The van der Waals surface area contributed by atoms with Gasteiger partial charge in [0.05, 0.1) is 17.6 Å². The lowest BCUT2D eigenvalue weighted by Crippen LogP contribution is -2.37. The number of nitrogens with zero attached hydrogens (tertiary/aromatic N) is 2. The predicted octanol–water partition coefficient (Wildman–Crippen LogP) is 1.39. The minimum absolute atomic E-state index is 0.167. The van der Waals surface area contributed by atoms with Gasteiger partial charge in [-0.1, -0.05) is 0 Å². The van der Waals surface area contributed by atoms with Crippen LogP contribution in [0.3, 0.4) is 0 Å². The number of amides is 1. The Morgan fingerprint density at radius 2 is 2.35 bits per heavy atom. The Kier molecular flexibility index (Phi) is 4.94. The molecule has 1 fully saturated rings. The van der Waals surface area contributed by atoms with Crippen molar-refractivity contribution in [3.8, 4) is 5.88 Å². The molecule has 0 radical (unpaired) electrons. The van der Waals surface area contributed by atoms with E-state index < -0.39 is 11.9 Å². The van der Waals surface area contributed by atoms with Crippen molar-refractivity contribution in [2.75, 3.05) is 19.7 Å². The second kappa shape index (κ2) is 6.69. The van der Waals surface area contributed by atoms with Gasteiger partial charge in [-0.3, -0.25) is 4.79 Å². The summed E-state index contributed by atoms with van der Waals surface area (Å²) in [7, 11) is 0. The van der Waals surface area contributed by atoms with E-state index in [0.717, 1.165) is 4.47 Å². The molecule has 108 valence electrons. The number of hydrogen-bond acceptors (Lipinski definition) is 5. The molecule has 20 heavy (non-hydrogen) atoms. The molecule has 1 saturated heterocycles. The highest BCUT2D eigenvalue weighted by molar-refractivity contribution is 9.10. The molecule has 0 spiro atoms. The molecule has 1 unspecified atom stereocenters. The van der Waals surface area contributed by atoms with Crippen LogP contribution < -0.4 is 4.74 Å². The van der Waals surface area contributed by atoms with Gasteiger partial charge in [0.1, 0.15) is 6.10 Å². The SMILES string of the molecule is CCOC(=O)C(=O)N1CCC(Oc2ncccc2Br)C1. The Hall–Kier alpha value is -1.63. The molecule has 2 rings (SSSR count). The smallest absolute Gasteiger partial charge is 0.397 e. The summed E-state index contributed by atoms with van der Waals surface area (Å²) in [6.07, 6.45) is 2.13. The minimum Gasteiger partial charge on any atom is -0.472 e. The van der Waals surface area contributed by atoms with Crippen molar-refractivity contribution < 1.29 is 19.1 Å². The minimum atomic E-state index is -0.813. The molecular formula is C13H15BrN2O4. The van der Waals surface area contributed by atoms with Crippen molar-refractivity contribution in [1.82, 2.24) is 9.88 Å². The first-order valence-corrected chi connectivity index (χ1v) is 7.14. The maximum Gasteiger partial charge on any atom is 0.397 e. The van der Waals surface area contributed by atoms with E-state index in [1.54, 1.807) is 19.2 Å². The highest BCUT2D eigenvalue weighted by Gasteiger charge is 2.32. The van der Waals surface area contributed by atoms with Crippen LogP contribution in [0.15, 0.2) is 22.8 Å². The average Bonchev–Trinajstić information content (AvgIpc) is 2.89. The number of halogens is 1. The molecule has 1 amide bonds. The number of carbonyl (C=O) groups is 2. The average molecular weight is 343 g/mol. The zero-order valence-corrected chi connectivity index (χ0v) is 12.6. The lowest BCUT2D eigenvalue weighted by atomic mass is 10.3. The zero-order valence-electron chi connectivity index (χ0n) is 11.0. The number of ether oxygens (including phenoxy) is 2. The molecule has 1 aromatic rings. The molecule has 7 heteroatoms. The first kappa shape index (κ1) is 14.8. The van der Waals surface area contributed by atoms with Crippen LogP contribution in [-0.4, -0.2) is 47.6 Å².